The van der Waals surface area contributed by atoms with Crippen molar-refractivity contribution in [2.75, 3.05) is 24.5 Å². The third kappa shape index (κ3) is 4.30. The molecule has 0 atom stereocenters. The number of aromatic nitrogens is 3. The molecule has 0 saturated heterocycles. The molecule has 0 aliphatic heterocycles. The Balaban J connectivity index is 1.75. The highest BCUT2D eigenvalue weighted by Gasteiger charge is 2.10. The van der Waals surface area contributed by atoms with Crippen LogP contribution in [0, 0.1) is 6.92 Å². The van der Waals surface area contributed by atoms with Gasteiger partial charge in [-0.05, 0) is 32.4 Å². The molecule has 0 spiro atoms. The first-order valence-electron chi connectivity index (χ1n) is 7.18. The summed E-state index contributed by atoms with van der Waals surface area (Å²) in [6.45, 7) is 6.34. The van der Waals surface area contributed by atoms with Gasteiger partial charge in [0.25, 0.3) is 5.91 Å². The van der Waals surface area contributed by atoms with E-state index >= 15 is 0 Å². The van der Waals surface area contributed by atoms with Gasteiger partial charge in [-0.25, -0.2) is 4.98 Å². The summed E-state index contributed by atoms with van der Waals surface area (Å²) >= 11 is 0. The van der Waals surface area contributed by atoms with Gasteiger partial charge < -0.3 is 10.2 Å². The van der Waals surface area contributed by atoms with Crippen molar-refractivity contribution in [1.82, 2.24) is 20.5 Å². The zero-order valence-electron chi connectivity index (χ0n) is 12.5. The second kappa shape index (κ2) is 7.42. The molecule has 0 bridgehead atoms. The lowest BCUT2D eigenvalue weighted by Crippen LogP contribution is -2.30. The number of para-hydroxylation sites is 1. The fourth-order valence-corrected chi connectivity index (χ4v) is 2.10. The second-order valence-electron chi connectivity index (χ2n) is 4.77. The zero-order chi connectivity index (χ0) is 15.1. The molecule has 1 aromatic carbocycles. The van der Waals surface area contributed by atoms with E-state index in [1.807, 2.05) is 18.2 Å². The molecule has 0 aliphatic rings. The van der Waals surface area contributed by atoms with Crippen molar-refractivity contribution in [3.05, 3.63) is 42.0 Å². The highest BCUT2D eigenvalue weighted by molar-refractivity contribution is 5.90. The van der Waals surface area contributed by atoms with Gasteiger partial charge in [-0.15, -0.1) is 5.10 Å². The van der Waals surface area contributed by atoms with Crippen LogP contribution in [0.3, 0.4) is 0 Å². The monoisotopic (exact) mass is 287 g/mol. The van der Waals surface area contributed by atoms with Crippen LogP contribution in [0.1, 0.15) is 29.8 Å². The molecule has 0 fully saturated rings. The summed E-state index contributed by atoms with van der Waals surface area (Å²) in [4.78, 5) is 18.1. The Morgan fingerprint density at radius 3 is 2.71 bits per heavy atom. The van der Waals surface area contributed by atoms with Crippen molar-refractivity contribution >= 4 is 11.6 Å². The molecule has 0 aliphatic carbocycles. The van der Waals surface area contributed by atoms with Crippen molar-refractivity contribution in [1.29, 1.82) is 0 Å². The molecular formula is C15H21N5O. The van der Waals surface area contributed by atoms with Crippen molar-refractivity contribution < 1.29 is 4.79 Å². The van der Waals surface area contributed by atoms with E-state index in [9.17, 15) is 4.79 Å². The number of carbonyl (C=O) groups is 1. The summed E-state index contributed by atoms with van der Waals surface area (Å²) in [6.07, 6.45) is 0.873. The van der Waals surface area contributed by atoms with E-state index in [2.05, 4.69) is 44.5 Å². The Hall–Kier alpha value is -2.37. The lowest BCUT2D eigenvalue weighted by Gasteiger charge is -2.23. The molecule has 2 aromatic rings. The molecule has 6 heteroatoms. The van der Waals surface area contributed by atoms with Crippen molar-refractivity contribution in [2.45, 2.75) is 20.3 Å². The number of anilines is 1. The molecule has 2 N–H and O–H groups in total. The van der Waals surface area contributed by atoms with Gasteiger partial charge in [-0.3, -0.25) is 9.89 Å². The third-order valence-corrected chi connectivity index (χ3v) is 3.19. The predicted octanol–water partition coefficient (Wildman–Crippen LogP) is 1.76. The summed E-state index contributed by atoms with van der Waals surface area (Å²) < 4.78 is 0. The highest BCUT2D eigenvalue weighted by atomic mass is 16.2. The minimum atomic E-state index is -0.234. The van der Waals surface area contributed by atoms with Crippen LogP contribution in [0.15, 0.2) is 30.3 Å². The zero-order valence-corrected chi connectivity index (χ0v) is 12.5. The Labute approximate surface area is 124 Å². The lowest BCUT2D eigenvalue weighted by atomic mass is 10.2. The van der Waals surface area contributed by atoms with Crippen molar-refractivity contribution in [3.63, 3.8) is 0 Å². The largest absolute Gasteiger partial charge is 0.372 e. The van der Waals surface area contributed by atoms with Gasteiger partial charge in [0.1, 0.15) is 5.82 Å². The second-order valence-corrected chi connectivity index (χ2v) is 4.77. The molecule has 2 rings (SSSR count). The van der Waals surface area contributed by atoms with Gasteiger partial charge >= 0.3 is 0 Å². The molecule has 1 amide bonds. The topological polar surface area (TPSA) is 73.9 Å². The van der Waals surface area contributed by atoms with E-state index in [4.69, 9.17) is 0 Å². The smallest absolute Gasteiger partial charge is 0.290 e. The van der Waals surface area contributed by atoms with E-state index in [1.54, 1.807) is 6.92 Å². The minimum absolute atomic E-state index is 0.197. The summed E-state index contributed by atoms with van der Waals surface area (Å²) in [5.74, 6) is 0.603. The average Bonchev–Trinajstić information content (AvgIpc) is 2.95. The quantitative estimate of drug-likeness (QED) is 0.761. The molecule has 0 unspecified atom stereocenters. The van der Waals surface area contributed by atoms with Gasteiger partial charge in [0, 0.05) is 25.3 Å². The van der Waals surface area contributed by atoms with Crippen LogP contribution in [-0.2, 0) is 0 Å². The van der Waals surface area contributed by atoms with E-state index in [0.29, 0.717) is 12.4 Å². The maximum atomic E-state index is 11.8. The fraction of sp³-hybridized carbons (Fsp3) is 0.400. The highest BCUT2D eigenvalue weighted by Crippen LogP contribution is 2.12. The fourth-order valence-electron chi connectivity index (χ4n) is 2.10. The summed E-state index contributed by atoms with van der Waals surface area (Å²) in [5.41, 5.74) is 1.20. The van der Waals surface area contributed by atoms with Crippen LogP contribution in [0.2, 0.25) is 0 Å². The van der Waals surface area contributed by atoms with Crippen molar-refractivity contribution in [3.8, 4) is 0 Å². The van der Waals surface area contributed by atoms with Crippen LogP contribution in [0.25, 0.3) is 0 Å². The van der Waals surface area contributed by atoms with Gasteiger partial charge in [-0.2, -0.15) is 0 Å². The molecule has 6 nitrogen and oxygen atoms in total. The first-order chi connectivity index (χ1) is 10.2. The molecule has 21 heavy (non-hydrogen) atoms. The minimum Gasteiger partial charge on any atom is -0.372 e. The number of aryl methyl sites for hydroxylation is 1. The van der Waals surface area contributed by atoms with E-state index in [1.165, 1.54) is 5.69 Å². The molecule has 1 heterocycles. The molecule has 112 valence electrons. The number of H-pyrrole nitrogens is 1. The number of hydrogen-bond donors (Lipinski definition) is 2. The number of rotatable bonds is 7. The SMILES string of the molecule is CCN(CCCNC(=O)c1n[nH]c(C)n1)c1ccccc1. The Morgan fingerprint density at radius 2 is 2.10 bits per heavy atom. The number of carbonyl (C=O) groups excluding carboxylic acids is 1. The Morgan fingerprint density at radius 1 is 1.33 bits per heavy atom. The molecule has 1 aromatic heterocycles. The maximum absolute atomic E-state index is 11.8. The van der Waals surface area contributed by atoms with E-state index in [-0.39, 0.29) is 11.7 Å². The number of nitrogens with one attached hydrogen (secondary N) is 2. The molecule has 0 radical (unpaired) electrons. The summed E-state index contributed by atoms with van der Waals surface area (Å²) in [7, 11) is 0. The summed E-state index contributed by atoms with van der Waals surface area (Å²) in [6, 6.07) is 10.3. The number of nitrogens with zero attached hydrogens (tertiary/aromatic N) is 3. The van der Waals surface area contributed by atoms with Gasteiger partial charge in [0.2, 0.25) is 5.82 Å². The molecular weight excluding hydrogens is 266 g/mol. The molecule has 0 saturated carbocycles. The number of amides is 1. The van der Waals surface area contributed by atoms with E-state index < -0.39 is 0 Å². The normalized spacial score (nSPS) is 10.4. The third-order valence-electron chi connectivity index (χ3n) is 3.19. The first kappa shape index (κ1) is 15.0. The first-order valence-corrected chi connectivity index (χ1v) is 7.18. The lowest BCUT2D eigenvalue weighted by molar-refractivity contribution is 0.0943. The number of hydrogen-bond acceptors (Lipinski definition) is 4. The Bertz CT molecular complexity index is 566. The van der Waals surface area contributed by atoms with Crippen LogP contribution < -0.4 is 10.2 Å². The van der Waals surface area contributed by atoms with Gasteiger partial charge in [0.05, 0.1) is 0 Å². The summed E-state index contributed by atoms with van der Waals surface area (Å²) in [5, 5.41) is 9.33. The average molecular weight is 287 g/mol. The maximum Gasteiger partial charge on any atom is 0.290 e. The van der Waals surface area contributed by atoms with E-state index in [0.717, 1.165) is 19.5 Å². The standard InChI is InChI=1S/C15H21N5O/c1-3-20(13-8-5-4-6-9-13)11-7-10-16-15(21)14-17-12(2)18-19-14/h4-6,8-9H,3,7,10-11H2,1-2H3,(H,16,21)(H,17,18,19). The number of aromatic amines is 1. The van der Waals surface area contributed by atoms with Crippen LogP contribution in [-0.4, -0.2) is 40.7 Å². The van der Waals surface area contributed by atoms with Crippen LogP contribution in [0.5, 0.6) is 0 Å². The van der Waals surface area contributed by atoms with Crippen LogP contribution in [0.4, 0.5) is 5.69 Å². The van der Waals surface area contributed by atoms with Gasteiger partial charge in [-0.1, -0.05) is 18.2 Å². The Kier molecular flexibility index (Phi) is 5.31. The van der Waals surface area contributed by atoms with Crippen molar-refractivity contribution in [2.24, 2.45) is 0 Å². The predicted molar refractivity (Wildman–Crippen MR) is 82.4 cm³/mol. The number of benzene rings is 1. The van der Waals surface area contributed by atoms with Gasteiger partial charge in [0.15, 0.2) is 0 Å². The van der Waals surface area contributed by atoms with Crippen LogP contribution >= 0.6 is 0 Å².